The van der Waals surface area contributed by atoms with Crippen LogP contribution in [0.15, 0.2) is 78.5 Å². The Balaban J connectivity index is 1.53. The number of hydrogen-bond acceptors (Lipinski definition) is 2. The van der Waals surface area contributed by atoms with Gasteiger partial charge in [0.1, 0.15) is 12.3 Å². The van der Waals surface area contributed by atoms with Crippen molar-refractivity contribution >= 4 is 22.9 Å². The maximum Gasteiger partial charge on any atom is 0.209 e. The SMILES string of the molecule is CCN1C(=CC=CC=CC2=[N+](CCCCCC(=O)C(C)(C)C)c3ccc(C)cc3C2(C)C)C(C)(C)c2ccccc21. The molecule has 3 nitrogen and oxygen atoms in total. The Bertz CT molecular complexity index is 1410. The van der Waals surface area contributed by atoms with E-state index in [9.17, 15) is 4.79 Å². The van der Waals surface area contributed by atoms with Gasteiger partial charge in [-0.05, 0) is 64.3 Å². The average Bonchev–Trinajstić information content (AvgIpc) is 3.26. The van der Waals surface area contributed by atoms with Crippen molar-refractivity contribution in [3.8, 4) is 0 Å². The fourth-order valence-electron chi connectivity index (χ4n) is 6.48. The summed E-state index contributed by atoms with van der Waals surface area (Å²) >= 11 is 0. The maximum atomic E-state index is 12.4. The van der Waals surface area contributed by atoms with E-state index in [1.807, 2.05) is 20.8 Å². The largest absolute Gasteiger partial charge is 0.344 e. The molecule has 4 rings (SSSR count). The molecule has 0 aliphatic carbocycles. The van der Waals surface area contributed by atoms with Gasteiger partial charge in [0, 0.05) is 59.3 Å². The highest BCUT2D eigenvalue weighted by Crippen LogP contribution is 2.47. The number of ketones is 1. The van der Waals surface area contributed by atoms with E-state index in [-0.39, 0.29) is 16.2 Å². The molecule has 2 heterocycles. The fourth-order valence-corrected chi connectivity index (χ4v) is 6.48. The second kappa shape index (κ2) is 12.0. The first-order chi connectivity index (χ1) is 19.3. The molecule has 41 heavy (non-hydrogen) atoms. The molecule has 0 saturated heterocycles. The van der Waals surface area contributed by atoms with Crippen molar-refractivity contribution in [2.24, 2.45) is 5.41 Å². The third-order valence-electron chi connectivity index (χ3n) is 9.02. The number of aryl methyl sites for hydroxylation is 1. The monoisotopic (exact) mass is 551 g/mol. The summed E-state index contributed by atoms with van der Waals surface area (Å²) in [6.07, 6.45) is 14.9. The Kier molecular flexibility index (Phi) is 8.97. The van der Waals surface area contributed by atoms with Crippen LogP contribution in [0.25, 0.3) is 0 Å². The summed E-state index contributed by atoms with van der Waals surface area (Å²) in [7, 11) is 0. The number of likely N-dealkylation sites (N-methyl/N-ethyl adjacent to an activating group) is 1. The van der Waals surface area contributed by atoms with Crippen LogP contribution in [0.3, 0.4) is 0 Å². The first-order valence-electron chi connectivity index (χ1n) is 15.5. The van der Waals surface area contributed by atoms with E-state index in [1.165, 1.54) is 39.5 Å². The summed E-state index contributed by atoms with van der Waals surface area (Å²) in [5, 5.41) is 0. The van der Waals surface area contributed by atoms with Crippen molar-refractivity contribution < 1.29 is 9.37 Å². The molecule has 0 fully saturated rings. The summed E-state index contributed by atoms with van der Waals surface area (Å²) < 4.78 is 2.51. The number of para-hydroxylation sites is 1. The Morgan fingerprint density at radius 3 is 2.34 bits per heavy atom. The lowest BCUT2D eigenvalue weighted by atomic mass is 9.81. The molecule has 0 amide bonds. The molecule has 0 unspecified atom stereocenters. The normalized spacial score (nSPS) is 18.7. The van der Waals surface area contributed by atoms with Gasteiger partial charge in [-0.3, -0.25) is 4.79 Å². The van der Waals surface area contributed by atoms with E-state index in [0.29, 0.717) is 12.2 Å². The lowest BCUT2D eigenvalue weighted by molar-refractivity contribution is -0.438. The third kappa shape index (κ3) is 6.20. The van der Waals surface area contributed by atoms with E-state index in [4.69, 9.17) is 0 Å². The highest BCUT2D eigenvalue weighted by atomic mass is 16.1. The van der Waals surface area contributed by atoms with Crippen LogP contribution in [-0.4, -0.2) is 29.2 Å². The van der Waals surface area contributed by atoms with Crippen LogP contribution in [0.5, 0.6) is 0 Å². The summed E-state index contributed by atoms with van der Waals surface area (Å²) in [6.45, 7) is 21.7. The molecule has 0 atom stereocenters. The zero-order valence-corrected chi connectivity index (χ0v) is 27.0. The number of fused-ring (bicyclic) bond motifs is 2. The van der Waals surface area contributed by atoms with Gasteiger partial charge in [-0.15, -0.1) is 0 Å². The van der Waals surface area contributed by atoms with E-state index < -0.39 is 0 Å². The van der Waals surface area contributed by atoms with E-state index in [2.05, 4.69) is 124 Å². The number of carbonyl (C=O) groups is 1. The van der Waals surface area contributed by atoms with Crippen molar-refractivity contribution in [2.75, 3.05) is 18.0 Å². The molecule has 2 aromatic carbocycles. The van der Waals surface area contributed by atoms with Crippen LogP contribution >= 0.6 is 0 Å². The van der Waals surface area contributed by atoms with Crippen molar-refractivity contribution in [1.82, 2.24) is 0 Å². The van der Waals surface area contributed by atoms with Gasteiger partial charge in [0.25, 0.3) is 0 Å². The van der Waals surface area contributed by atoms with Gasteiger partial charge in [-0.25, -0.2) is 0 Å². The van der Waals surface area contributed by atoms with Crippen LogP contribution in [0, 0.1) is 12.3 Å². The van der Waals surface area contributed by atoms with Crippen LogP contribution in [0.4, 0.5) is 11.4 Å². The van der Waals surface area contributed by atoms with E-state index in [0.717, 1.165) is 32.4 Å². The van der Waals surface area contributed by atoms with Crippen LogP contribution in [0.2, 0.25) is 0 Å². The van der Waals surface area contributed by atoms with Crippen molar-refractivity contribution in [1.29, 1.82) is 0 Å². The molecule has 0 bridgehead atoms. The minimum atomic E-state index is -0.239. The van der Waals surface area contributed by atoms with Gasteiger partial charge >= 0.3 is 0 Å². The number of Topliss-reactive ketones (excluding diaryl/α,β-unsaturated/α-hetero) is 1. The molecular weight excluding hydrogens is 500 g/mol. The second-order valence-electron chi connectivity index (χ2n) is 13.8. The number of anilines is 1. The third-order valence-corrected chi connectivity index (χ3v) is 9.02. The molecule has 218 valence electrons. The minimum absolute atomic E-state index is 0.0172. The Hall–Kier alpha value is -3.20. The number of rotatable bonds is 10. The van der Waals surface area contributed by atoms with Crippen molar-refractivity contribution in [2.45, 2.75) is 98.8 Å². The van der Waals surface area contributed by atoms with Crippen LogP contribution < -0.4 is 4.90 Å². The van der Waals surface area contributed by atoms with Crippen molar-refractivity contribution in [3.05, 3.63) is 95.2 Å². The highest BCUT2D eigenvalue weighted by molar-refractivity contribution is 6.03. The summed E-state index contributed by atoms with van der Waals surface area (Å²) in [4.78, 5) is 14.8. The van der Waals surface area contributed by atoms with Crippen LogP contribution in [0.1, 0.15) is 97.8 Å². The zero-order valence-electron chi connectivity index (χ0n) is 27.0. The minimum Gasteiger partial charge on any atom is -0.344 e. The smallest absolute Gasteiger partial charge is 0.209 e. The van der Waals surface area contributed by atoms with Crippen molar-refractivity contribution in [3.63, 3.8) is 0 Å². The summed E-state index contributed by atoms with van der Waals surface area (Å²) in [5.74, 6) is 0.365. The first kappa shape index (κ1) is 30.8. The standard InChI is InChI=1S/C38H51N2O/c1-10-39-31-20-17-16-19-29(31)37(6,7)33(39)21-13-11-14-22-34-38(8,9)30-27-28(2)24-25-32(30)40(34)26-18-12-15-23-35(41)36(3,4)5/h11,13-14,16-17,19-22,24-25,27H,10,12,15,18,23,26H2,1-9H3/q+1. The van der Waals surface area contributed by atoms with Crippen LogP contribution in [-0.2, 0) is 15.6 Å². The average molecular weight is 552 g/mol. The second-order valence-corrected chi connectivity index (χ2v) is 13.8. The molecule has 2 aliphatic heterocycles. The van der Waals surface area contributed by atoms with Gasteiger partial charge in [-0.1, -0.05) is 82.7 Å². The predicted molar refractivity (Wildman–Crippen MR) is 176 cm³/mol. The summed E-state index contributed by atoms with van der Waals surface area (Å²) in [6, 6.07) is 15.6. The predicted octanol–water partition coefficient (Wildman–Crippen LogP) is 9.36. The van der Waals surface area contributed by atoms with E-state index in [1.54, 1.807) is 0 Å². The molecule has 0 N–H and O–H groups in total. The van der Waals surface area contributed by atoms with Gasteiger partial charge in [0.2, 0.25) is 5.69 Å². The van der Waals surface area contributed by atoms with Gasteiger partial charge < -0.3 is 4.90 Å². The molecule has 0 saturated carbocycles. The maximum absolute atomic E-state index is 12.4. The number of benzene rings is 2. The number of nitrogens with zero attached hydrogens (tertiary/aromatic N) is 2. The highest BCUT2D eigenvalue weighted by Gasteiger charge is 2.44. The van der Waals surface area contributed by atoms with Gasteiger partial charge in [0.15, 0.2) is 5.71 Å². The lowest BCUT2D eigenvalue weighted by Crippen LogP contribution is -2.28. The molecule has 2 aromatic rings. The molecule has 0 spiro atoms. The Labute approximate surface area is 249 Å². The van der Waals surface area contributed by atoms with Gasteiger partial charge in [-0.2, -0.15) is 4.58 Å². The fraction of sp³-hybridized carbons (Fsp3) is 0.474. The van der Waals surface area contributed by atoms with Gasteiger partial charge in [0.05, 0.1) is 5.41 Å². The quantitative estimate of drug-likeness (QED) is 0.167. The molecule has 3 heteroatoms. The number of unbranched alkanes of at least 4 members (excludes halogenated alkanes) is 2. The molecule has 0 aromatic heterocycles. The number of hydrogen-bond donors (Lipinski definition) is 0. The molecule has 2 aliphatic rings. The number of carbonyl (C=O) groups excluding carboxylic acids is 1. The first-order valence-corrected chi connectivity index (χ1v) is 15.5. The molecule has 0 radical (unpaired) electrons. The summed E-state index contributed by atoms with van der Waals surface area (Å²) in [5.41, 5.74) is 9.09. The Morgan fingerprint density at radius 2 is 1.63 bits per heavy atom. The zero-order chi connectivity index (χ0) is 30.0. The molecular formula is C38H51N2O+. The number of allylic oxidation sites excluding steroid dienone is 6. The lowest BCUT2D eigenvalue weighted by Gasteiger charge is -2.25. The topological polar surface area (TPSA) is 23.3 Å². The Morgan fingerprint density at radius 1 is 0.902 bits per heavy atom. The van der Waals surface area contributed by atoms with E-state index >= 15 is 0 Å².